The van der Waals surface area contributed by atoms with Crippen molar-refractivity contribution in [2.45, 2.75) is 17.0 Å². The Morgan fingerprint density at radius 2 is 2.05 bits per heavy atom. The number of nitrogens with one attached hydrogen (secondary N) is 1. The molecule has 0 aliphatic rings. The smallest absolute Gasteiger partial charge is 0.254 e. The summed E-state index contributed by atoms with van der Waals surface area (Å²) >= 11 is 1.21. The van der Waals surface area contributed by atoms with Crippen LogP contribution in [0.5, 0.6) is 0 Å². The molecule has 0 atom stereocenters. The number of amides is 1. The van der Waals surface area contributed by atoms with Crippen molar-refractivity contribution in [3.8, 4) is 0 Å². The van der Waals surface area contributed by atoms with Crippen LogP contribution >= 0.6 is 11.8 Å². The van der Waals surface area contributed by atoms with E-state index in [1.54, 1.807) is 39.2 Å². The van der Waals surface area contributed by atoms with E-state index in [9.17, 15) is 9.59 Å². The van der Waals surface area contributed by atoms with E-state index in [2.05, 4.69) is 9.97 Å². The van der Waals surface area contributed by atoms with Crippen molar-refractivity contribution in [3.05, 3.63) is 45.9 Å². The van der Waals surface area contributed by atoms with Crippen LogP contribution in [-0.2, 0) is 0 Å². The molecule has 0 aliphatic carbocycles. The minimum Gasteiger partial charge on any atom is -0.399 e. The van der Waals surface area contributed by atoms with E-state index in [0.717, 1.165) is 0 Å². The van der Waals surface area contributed by atoms with Crippen LogP contribution in [0.4, 0.5) is 5.69 Å². The molecule has 1 aromatic heterocycles. The van der Waals surface area contributed by atoms with Gasteiger partial charge in [-0.1, -0.05) is 11.8 Å². The maximum atomic E-state index is 12.2. The molecule has 3 N–H and O–H groups in total. The Morgan fingerprint density at radius 3 is 2.67 bits per heavy atom. The summed E-state index contributed by atoms with van der Waals surface area (Å²) in [5.41, 5.74) is 7.24. The lowest BCUT2D eigenvalue weighted by atomic mass is 10.2. The third-order valence-electron chi connectivity index (χ3n) is 2.70. The van der Waals surface area contributed by atoms with Gasteiger partial charge in [-0.15, -0.1) is 0 Å². The summed E-state index contributed by atoms with van der Waals surface area (Å²) in [5.74, 6) is -0.132. The summed E-state index contributed by atoms with van der Waals surface area (Å²) in [6.45, 7) is 1.74. The number of aryl methyl sites for hydroxylation is 1. The fraction of sp³-hybridized carbons (Fsp3) is 0.214. The average molecular weight is 304 g/mol. The van der Waals surface area contributed by atoms with Crippen molar-refractivity contribution in [3.63, 3.8) is 0 Å². The van der Waals surface area contributed by atoms with E-state index in [4.69, 9.17) is 5.73 Å². The number of anilines is 1. The number of nitrogens with two attached hydrogens (primary N) is 1. The molecule has 0 radical (unpaired) electrons. The Balaban J connectivity index is 2.45. The third-order valence-corrected chi connectivity index (χ3v) is 3.64. The molecule has 0 aliphatic heterocycles. The molecule has 0 spiro atoms. The molecule has 110 valence electrons. The summed E-state index contributed by atoms with van der Waals surface area (Å²) in [4.78, 5) is 32.7. The number of hydrogen-bond donors (Lipinski definition) is 2. The fourth-order valence-corrected chi connectivity index (χ4v) is 2.75. The average Bonchev–Trinajstić information content (AvgIpc) is 2.36. The van der Waals surface area contributed by atoms with Gasteiger partial charge in [-0.3, -0.25) is 9.59 Å². The summed E-state index contributed by atoms with van der Waals surface area (Å²) in [7, 11) is 3.36. The molecule has 0 unspecified atom stereocenters. The second-order valence-corrected chi connectivity index (χ2v) is 5.78. The van der Waals surface area contributed by atoms with Gasteiger partial charge in [0, 0.05) is 36.4 Å². The first kappa shape index (κ1) is 15.1. The van der Waals surface area contributed by atoms with Crippen molar-refractivity contribution in [2.24, 2.45) is 0 Å². The Hall–Kier alpha value is -2.28. The molecular formula is C14H16N4O2S. The van der Waals surface area contributed by atoms with Crippen LogP contribution in [0.2, 0.25) is 0 Å². The number of rotatable bonds is 3. The Bertz CT molecular complexity index is 740. The standard InChI is InChI=1S/C14H16N4O2S/c1-8-6-12(19)17-14(16-8)21-11-7-9(15)4-5-10(11)13(20)18(2)3/h4-7H,15H2,1-3H3,(H,16,17,19). The highest BCUT2D eigenvalue weighted by Gasteiger charge is 2.15. The number of H-pyrrole nitrogens is 1. The second-order valence-electron chi connectivity index (χ2n) is 4.75. The number of carbonyl (C=O) groups excluding carboxylic acids is 1. The molecule has 0 saturated heterocycles. The second kappa shape index (κ2) is 6.01. The number of aromatic amines is 1. The topological polar surface area (TPSA) is 92.1 Å². The normalized spacial score (nSPS) is 10.4. The van der Waals surface area contributed by atoms with Gasteiger partial charge in [-0.2, -0.15) is 0 Å². The highest BCUT2D eigenvalue weighted by molar-refractivity contribution is 7.99. The molecule has 0 bridgehead atoms. The van der Waals surface area contributed by atoms with Crippen molar-refractivity contribution in [2.75, 3.05) is 19.8 Å². The fourth-order valence-electron chi connectivity index (χ4n) is 1.75. The lowest BCUT2D eigenvalue weighted by Crippen LogP contribution is -2.22. The monoisotopic (exact) mass is 304 g/mol. The molecule has 1 aromatic carbocycles. The van der Waals surface area contributed by atoms with Gasteiger partial charge in [0.15, 0.2) is 5.16 Å². The van der Waals surface area contributed by atoms with Gasteiger partial charge < -0.3 is 15.6 Å². The van der Waals surface area contributed by atoms with Crippen LogP contribution in [0.15, 0.2) is 39.1 Å². The van der Waals surface area contributed by atoms with E-state index >= 15 is 0 Å². The van der Waals surface area contributed by atoms with Crippen molar-refractivity contribution >= 4 is 23.4 Å². The van der Waals surface area contributed by atoms with E-state index in [0.29, 0.717) is 27.0 Å². The predicted octanol–water partition coefficient (Wildman–Crippen LogP) is 1.51. The summed E-state index contributed by atoms with van der Waals surface area (Å²) < 4.78 is 0. The molecular weight excluding hydrogens is 288 g/mol. The van der Waals surface area contributed by atoms with Crippen LogP contribution in [0.1, 0.15) is 16.1 Å². The summed E-state index contributed by atoms with van der Waals surface area (Å²) in [6, 6.07) is 6.46. The molecule has 2 aromatic rings. The van der Waals surface area contributed by atoms with Gasteiger partial charge in [0.1, 0.15) is 0 Å². The molecule has 6 nitrogen and oxygen atoms in total. The molecule has 7 heteroatoms. The number of aromatic nitrogens is 2. The van der Waals surface area contributed by atoms with Crippen LogP contribution in [0.25, 0.3) is 0 Å². The van der Waals surface area contributed by atoms with E-state index in [1.165, 1.54) is 22.7 Å². The van der Waals surface area contributed by atoms with E-state index < -0.39 is 0 Å². The Morgan fingerprint density at radius 1 is 1.33 bits per heavy atom. The first-order chi connectivity index (χ1) is 9.86. The van der Waals surface area contributed by atoms with Gasteiger partial charge in [-0.25, -0.2) is 4.98 Å². The summed E-state index contributed by atoms with van der Waals surface area (Å²) in [5, 5.41) is 0.429. The number of hydrogen-bond acceptors (Lipinski definition) is 5. The first-order valence-electron chi connectivity index (χ1n) is 6.24. The Kier molecular flexibility index (Phi) is 4.32. The molecule has 0 fully saturated rings. The van der Waals surface area contributed by atoms with Crippen LogP contribution in [0, 0.1) is 6.92 Å². The van der Waals surface area contributed by atoms with Gasteiger partial charge >= 0.3 is 0 Å². The molecule has 2 rings (SSSR count). The maximum absolute atomic E-state index is 12.2. The zero-order valence-electron chi connectivity index (χ0n) is 12.0. The zero-order chi connectivity index (χ0) is 15.6. The Labute approximate surface area is 126 Å². The van der Waals surface area contributed by atoms with Crippen LogP contribution in [0.3, 0.4) is 0 Å². The van der Waals surface area contributed by atoms with Gasteiger partial charge in [0.2, 0.25) is 0 Å². The summed E-state index contributed by atoms with van der Waals surface area (Å²) in [6.07, 6.45) is 0. The van der Waals surface area contributed by atoms with Gasteiger partial charge in [0.25, 0.3) is 11.5 Å². The number of nitrogens with zero attached hydrogens (tertiary/aromatic N) is 2. The van der Waals surface area contributed by atoms with Crippen molar-refractivity contribution in [1.29, 1.82) is 0 Å². The lowest BCUT2D eigenvalue weighted by molar-refractivity contribution is 0.0824. The number of nitrogen functional groups attached to an aromatic ring is 1. The largest absolute Gasteiger partial charge is 0.399 e. The third kappa shape index (κ3) is 3.63. The van der Waals surface area contributed by atoms with Crippen LogP contribution < -0.4 is 11.3 Å². The minimum atomic E-state index is -0.227. The van der Waals surface area contributed by atoms with Gasteiger partial charge in [0.05, 0.1) is 5.56 Å². The first-order valence-corrected chi connectivity index (χ1v) is 7.05. The van der Waals surface area contributed by atoms with Crippen LogP contribution in [-0.4, -0.2) is 34.9 Å². The van der Waals surface area contributed by atoms with E-state index in [1.807, 2.05) is 0 Å². The lowest BCUT2D eigenvalue weighted by Gasteiger charge is -2.14. The minimum absolute atomic E-state index is 0.132. The van der Waals surface area contributed by atoms with E-state index in [-0.39, 0.29) is 11.5 Å². The maximum Gasteiger partial charge on any atom is 0.254 e. The van der Waals surface area contributed by atoms with Crippen molar-refractivity contribution in [1.82, 2.24) is 14.9 Å². The highest BCUT2D eigenvalue weighted by atomic mass is 32.2. The number of carbonyl (C=O) groups is 1. The van der Waals surface area contributed by atoms with Gasteiger partial charge in [-0.05, 0) is 25.1 Å². The molecule has 0 saturated carbocycles. The predicted molar refractivity (Wildman–Crippen MR) is 82.6 cm³/mol. The van der Waals surface area contributed by atoms with Crippen molar-refractivity contribution < 1.29 is 4.79 Å². The SMILES string of the molecule is Cc1cc(=O)[nH]c(Sc2cc(N)ccc2C(=O)N(C)C)n1. The zero-order valence-corrected chi connectivity index (χ0v) is 12.8. The molecule has 1 amide bonds. The number of benzene rings is 1. The molecule has 21 heavy (non-hydrogen) atoms. The highest BCUT2D eigenvalue weighted by Crippen LogP contribution is 2.30. The molecule has 1 heterocycles. The quantitative estimate of drug-likeness (QED) is 0.662.